The molecule has 0 aliphatic rings. The summed E-state index contributed by atoms with van der Waals surface area (Å²) in [6.45, 7) is 1.68. The first-order valence-electron chi connectivity index (χ1n) is 6.70. The van der Waals surface area contributed by atoms with Crippen molar-refractivity contribution in [2.45, 2.75) is 6.92 Å². The summed E-state index contributed by atoms with van der Waals surface area (Å²) < 4.78 is 5.37. The lowest BCUT2D eigenvalue weighted by atomic mass is 10.2. The maximum Gasteiger partial charge on any atom is 0.276 e. The lowest BCUT2D eigenvalue weighted by Gasteiger charge is -2.10. The topological polar surface area (TPSA) is 93.5 Å². The third-order valence-electron chi connectivity index (χ3n) is 2.97. The second kappa shape index (κ2) is 7.12. The number of nitrogens with one attached hydrogen (secondary N) is 2. The van der Waals surface area contributed by atoms with Gasteiger partial charge in [0.05, 0.1) is 5.56 Å². The van der Waals surface area contributed by atoms with Gasteiger partial charge in [0.1, 0.15) is 5.75 Å². The number of anilines is 1. The van der Waals surface area contributed by atoms with Gasteiger partial charge >= 0.3 is 0 Å². The van der Waals surface area contributed by atoms with Crippen molar-refractivity contribution >= 4 is 17.5 Å². The van der Waals surface area contributed by atoms with Crippen LogP contribution in [-0.2, 0) is 4.79 Å². The molecule has 0 saturated heterocycles. The number of carbonyl (C=O) groups excluding carboxylic acids is 2. The molecule has 114 valence electrons. The average Bonchev–Trinajstić information content (AvgIpc) is 2.52. The van der Waals surface area contributed by atoms with Crippen LogP contribution in [0.5, 0.6) is 5.75 Å². The summed E-state index contributed by atoms with van der Waals surface area (Å²) in [4.78, 5) is 23.5. The Morgan fingerprint density at radius 2 is 1.73 bits per heavy atom. The Hall–Kier alpha value is -3.02. The normalized spacial score (nSPS) is 9.86. The van der Waals surface area contributed by atoms with Crippen LogP contribution in [0.25, 0.3) is 0 Å². The number of nitrogens with two attached hydrogens (primary N) is 1. The average molecular weight is 299 g/mol. The first-order valence-corrected chi connectivity index (χ1v) is 6.70. The highest BCUT2D eigenvalue weighted by Crippen LogP contribution is 2.15. The highest BCUT2D eigenvalue weighted by molar-refractivity contribution is 5.99. The van der Waals surface area contributed by atoms with E-state index in [0.29, 0.717) is 17.0 Å². The second-order valence-electron chi connectivity index (χ2n) is 4.64. The molecule has 22 heavy (non-hydrogen) atoms. The van der Waals surface area contributed by atoms with Gasteiger partial charge in [-0.05, 0) is 30.7 Å². The molecular formula is C16H17N3O3. The molecule has 0 fully saturated rings. The van der Waals surface area contributed by atoms with E-state index in [2.05, 4.69) is 10.9 Å². The molecule has 6 heteroatoms. The Labute approximate surface area is 128 Å². The zero-order chi connectivity index (χ0) is 15.9. The van der Waals surface area contributed by atoms with Crippen LogP contribution in [0.2, 0.25) is 0 Å². The Kier molecular flexibility index (Phi) is 4.98. The fourth-order valence-corrected chi connectivity index (χ4v) is 1.80. The highest BCUT2D eigenvalue weighted by Gasteiger charge is 2.10. The molecule has 2 aromatic rings. The van der Waals surface area contributed by atoms with Crippen molar-refractivity contribution in [3.63, 3.8) is 0 Å². The number of nitrogen functional groups attached to an aromatic ring is 1. The number of para-hydroxylation sites is 2. The summed E-state index contributed by atoms with van der Waals surface area (Å²) >= 11 is 0. The van der Waals surface area contributed by atoms with Crippen molar-refractivity contribution in [2.75, 3.05) is 12.3 Å². The van der Waals surface area contributed by atoms with Crippen molar-refractivity contribution in [3.05, 3.63) is 59.7 Å². The molecule has 0 heterocycles. The van der Waals surface area contributed by atoms with Crippen LogP contribution in [-0.4, -0.2) is 18.4 Å². The first-order chi connectivity index (χ1) is 10.6. The highest BCUT2D eigenvalue weighted by atomic mass is 16.5. The second-order valence-corrected chi connectivity index (χ2v) is 4.64. The van der Waals surface area contributed by atoms with E-state index in [9.17, 15) is 9.59 Å². The lowest BCUT2D eigenvalue weighted by Crippen LogP contribution is -2.44. The minimum Gasteiger partial charge on any atom is -0.483 e. The zero-order valence-corrected chi connectivity index (χ0v) is 12.1. The number of ether oxygens (including phenoxy) is 1. The van der Waals surface area contributed by atoms with Crippen LogP contribution in [0.4, 0.5) is 5.69 Å². The van der Waals surface area contributed by atoms with E-state index in [0.717, 1.165) is 5.56 Å². The van der Waals surface area contributed by atoms with Crippen molar-refractivity contribution in [1.29, 1.82) is 0 Å². The minimum absolute atomic E-state index is 0.199. The summed E-state index contributed by atoms with van der Waals surface area (Å²) in [5.41, 5.74) is 11.8. The Morgan fingerprint density at radius 3 is 2.45 bits per heavy atom. The van der Waals surface area contributed by atoms with Gasteiger partial charge in [-0.3, -0.25) is 20.4 Å². The molecule has 2 rings (SSSR count). The monoisotopic (exact) mass is 299 g/mol. The van der Waals surface area contributed by atoms with E-state index in [1.807, 2.05) is 25.1 Å². The molecule has 2 aromatic carbocycles. The molecule has 0 radical (unpaired) electrons. The fourth-order valence-electron chi connectivity index (χ4n) is 1.80. The number of carbonyl (C=O) groups is 2. The minimum atomic E-state index is -0.484. The quantitative estimate of drug-likeness (QED) is 0.588. The Balaban J connectivity index is 1.82. The SMILES string of the molecule is Cc1ccccc1OCC(=O)NNC(=O)c1ccccc1N. The number of amides is 2. The summed E-state index contributed by atoms with van der Waals surface area (Å²) in [6.07, 6.45) is 0. The van der Waals surface area contributed by atoms with Crippen LogP contribution in [0.3, 0.4) is 0 Å². The standard InChI is InChI=1S/C16H17N3O3/c1-11-6-2-5-9-14(11)22-10-15(20)18-19-16(21)12-7-3-4-8-13(12)17/h2-9H,10,17H2,1H3,(H,18,20)(H,19,21). The Morgan fingerprint density at radius 1 is 1.05 bits per heavy atom. The summed E-state index contributed by atoms with van der Waals surface area (Å²) in [6, 6.07) is 13.9. The van der Waals surface area contributed by atoms with Crippen LogP contribution in [0, 0.1) is 6.92 Å². The molecule has 2 amide bonds. The van der Waals surface area contributed by atoms with Crippen LogP contribution >= 0.6 is 0 Å². The van der Waals surface area contributed by atoms with Gasteiger partial charge in [0.2, 0.25) is 0 Å². The summed E-state index contributed by atoms with van der Waals surface area (Å²) in [7, 11) is 0. The third kappa shape index (κ3) is 3.99. The molecule has 0 aliphatic heterocycles. The molecule has 4 N–H and O–H groups in total. The van der Waals surface area contributed by atoms with Crippen molar-refractivity contribution in [3.8, 4) is 5.75 Å². The van der Waals surface area contributed by atoms with Crippen LogP contribution < -0.4 is 21.3 Å². The number of hydrogen-bond donors (Lipinski definition) is 3. The van der Waals surface area contributed by atoms with E-state index in [4.69, 9.17) is 10.5 Å². The fraction of sp³-hybridized carbons (Fsp3) is 0.125. The van der Waals surface area contributed by atoms with Gasteiger partial charge in [-0.15, -0.1) is 0 Å². The van der Waals surface area contributed by atoms with Crippen LogP contribution in [0.1, 0.15) is 15.9 Å². The van der Waals surface area contributed by atoms with Crippen LogP contribution in [0.15, 0.2) is 48.5 Å². The molecule has 0 saturated carbocycles. The van der Waals surface area contributed by atoms with E-state index < -0.39 is 11.8 Å². The van der Waals surface area contributed by atoms with Gasteiger partial charge in [-0.1, -0.05) is 30.3 Å². The predicted molar refractivity (Wildman–Crippen MR) is 83.1 cm³/mol. The van der Waals surface area contributed by atoms with E-state index >= 15 is 0 Å². The third-order valence-corrected chi connectivity index (χ3v) is 2.97. The van der Waals surface area contributed by atoms with Gasteiger partial charge < -0.3 is 10.5 Å². The first kappa shape index (κ1) is 15.4. The van der Waals surface area contributed by atoms with Gasteiger partial charge in [0, 0.05) is 5.69 Å². The van der Waals surface area contributed by atoms with Crippen molar-refractivity contribution in [2.24, 2.45) is 0 Å². The van der Waals surface area contributed by atoms with E-state index in [1.165, 1.54) is 0 Å². The van der Waals surface area contributed by atoms with Gasteiger partial charge in [-0.2, -0.15) is 0 Å². The Bertz CT molecular complexity index is 686. The van der Waals surface area contributed by atoms with Gasteiger partial charge in [0.25, 0.3) is 11.8 Å². The number of hydrogen-bond acceptors (Lipinski definition) is 4. The lowest BCUT2D eigenvalue weighted by molar-refractivity contribution is -0.123. The van der Waals surface area contributed by atoms with Gasteiger partial charge in [0.15, 0.2) is 6.61 Å². The zero-order valence-electron chi connectivity index (χ0n) is 12.1. The number of hydrazine groups is 1. The van der Waals surface area contributed by atoms with Crippen molar-refractivity contribution in [1.82, 2.24) is 10.9 Å². The molecule has 0 spiro atoms. The summed E-state index contributed by atoms with van der Waals surface area (Å²) in [5, 5.41) is 0. The smallest absolute Gasteiger partial charge is 0.276 e. The predicted octanol–water partition coefficient (Wildman–Crippen LogP) is 1.42. The van der Waals surface area contributed by atoms with Crippen molar-refractivity contribution < 1.29 is 14.3 Å². The molecule has 0 aromatic heterocycles. The number of benzene rings is 2. The molecule has 0 unspecified atom stereocenters. The molecule has 6 nitrogen and oxygen atoms in total. The molecule has 0 bridgehead atoms. The molecule has 0 atom stereocenters. The summed E-state index contributed by atoms with van der Waals surface area (Å²) in [5.74, 6) is -0.329. The molecular weight excluding hydrogens is 282 g/mol. The number of rotatable bonds is 4. The van der Waals surface area contributed by atoms with Gasteiger partial charge in [-0.25, -0.2) is 0 Å². The number of aryl methyl sites for hydroxylation is 1. The van der Waals surface area contributed by atoms with E-state index in [-0.39, 0.29) is 6.61 Å². The maximum absolute atomic E-state index is 11.9. The maximum atomic E-state index is 11.9. The largest absolute Gasteiger partial charge is 0.483 e. The van der Waals surface area contributed by atoms with E-state index in [1.54, 1.807) is 30.3 Å². The molecule has 0 aliphatic carbocycles.